The Balaban J connectivity index is 3.53. The molecular formula is C7H17NO2. The van der Waals surface area contributed by atoms with Gasteiger partial charge in [0, 0.05) is 20.1 Å². The highest BCUT2D eigenvalue weighted by molar-refractivity contribution is 4.56. The summed E-state index contributed by atoms with van der Waals surface area (Å²) >= 11 is 0. The zero-order valence-electron chi connectivity index (χ0n) is 6.96. The summed E-state index contributed by atoms with van der Waals surface area (Å²) in [5.74, 6) is 0.375. The van der Waals surface area contributed by atoms with Gasteiger partial charge >= 0.3 is 0 Å². The van der Waals surface area contributed by atoms with Crippen LogP contribution < -0.4 is 5.73 Å². The van der Waals surface area contributed by atoms with Crippen molar-refractivity contribution in [3.63, 3.8) is 0 Å². The highest BCUT2D eigenvalue weighted by Gasteiger charge is 2.13. The van der Waals surface area contributed by atoms with Crippen molar-refractivity contribution in [2.45, 2.75) is 19.6 Å². The van der Waals surface area contributed by atoms with Crippen molar-refractivity contribution in [1.29, 1.82) is 0 Å². The number of hydrogen-bond donors (Lipinski definition) is 1. The van der Waals surface area contributed by atoms with Crippen molar-refractivity contribution in [3.8, 4) is 0 Å². The van der Waals surface area contributed by atoms with Crippen molar-refractivity contribution >= 4 is 0 Å². The fraction of sp³-hybridized carbons (Fsp3) is 1.00. The third-order valence-electron chi connectivity index (χ3n) is 1.55. The standard InChI is InChI=1S/C7H17NO2/c1-6(4-5-8)7(9-2)10-3/h6-7H,4-5,8H2,1-3H3. The summed E-state index contributed by atoms with van der Waals surface area (Å²) in [5.41, 5.74) is 5.37. The van der Waals surface area contributed by atoms with Crippen molar-refractivity contribution in [1.82, 2.24) is 0 Å². The van der Waals surface area contributed by atoms with E-state index < -0.39 is 0 Å². The predicted octanol–water partition coefficient (Wildman–Crippen LogP) is 0.590. The van der Waals surface area contributed by atoms with E-state index in [1.54, 1.807) is 14.2 Å². The quantitative estimate of drug-likeness (QED) is 0.579. The Morgan fingerprint density at radius 1 is 1.30 bits per heavy atom. The van der Waals surface area contributed by atoms with Crippen LogP contribution in [0.3, 0.4) is 0 Å². The van der Waals surface area contributed by atoms with E-state index in [1.807, 2.05) is 0 Å². The smallest absolute Gasteiger partial charge is 0.159 e. The normalized spacial score (nSPS) is 14.1. The zero-order valence-corrected chi connectivity index (χ0v) is 6.96. The van der Waals surface area contributed by atoms with Crippen LogP contribution in [0.1, 0.15) is 13.3 Å². The van der Waals surface area contributed by atoms with Crippen molar-refractivity contribution in [2.75, 3.05) is 20.8 Å². The molecular weight excluding hydrogens is 130 g/mol. The largest absolute Gasteiger partial charge is 0.356 e. The maximum atomic E-state index is 5.37. The Bertz CT molecular complexity index is 74.0. The molecule has 0 bridgehead atoms. The summed E-state index contributed by atoms with van der Waals surface area (Å²) in [4.78, 5) is 0. The first kappa shape index (κ1) is 9.88. The molecule has 62 valence electrons. The van der Waals surface area contributed by atoms with Gasteiger partial charge in [-0.15, -0.1) is 0 Å². The number of nitrogens with two attached hydrogens (primary N) is 1. The second kappa shape index (κ2) is 5.65. The maximum Gasteiger partial charge on any atom is 0.159 e. The SMILES string of the molecule is COC(OC)C(C)CCN. The highest BCUT2D eigenvalue weighted by atomic mass is 16.7. The van der Waals surface area contributed by atoms with Gasteiger partial charge in [-0.2, -0.15) is 0 Å². The first-order valence-corrected chi connectivity index (χ1v) is 3.52. The third kappa shape index (κ3) is 3.15. The first-order chi connectivity index (χ1) is 4.76. The van der Waals surface area contributed by atoms with E-state index in [2.05, 4.69) is 6.92 Å². The van der Waals surface area contributed by atoms with Gasteiger partial charge in [0.2, 0.25) is 0 Å². The molecule has 0 rings (SSSR count). The summed E-state index contributed by atoms with van der Waals surface area (Å²) < 4.78 is 10.1. The van der Waals surface area contributed by atoms with E-state index in [0.29, 0.717) is 12.5 Å². The third-order valence-corrected chi connectivity index (χ3v) is 1.55. The molecule has 1 unspecified atom stereocenters. The van der Waals surface area contributed by atoms with E-state index in [4.69, 9.17) is 15.2 Å². The van der Waals surface area contributed by atoms with Crippen molar-refractivity contribution in [2.24, 2.45) is 11.7 Å². The number of methoxy groups -OCH3 is 2. The second-order valence-electron chi connectivity index (χ2n) is 2.39. The van der Waals surface area contributed by atoms with Gasteiger partial charge in [-0.25, -0.2) is 0 Å². The van der Waals surface area contributed by atoms with E-state index >= 15 is 0 Å². The summed E-state index contributed by atoms with van der Waals surface area (Å²) in [6, 6.07) is 0. The van der Waals surface area contributed by atoms with E-state index in [-0.39, 0.29) is 6.29 Å². The lowest BCUT2D eigenvalue weighted by atomic mass is 10.1. The molecule has 0 aromatic rings. The van der Waals surface area contributed by atoms with Crippen molar-refractivity contribution < 1.29 is 9.47 Å². The molecule has 3 nitrogen and oxygen atoms in total. The van der Waals surface area contributed by atoms with E-state index in [9.17, 15) is 0 Å². The highest BCUT2D eigenvalue weighted by Crippen LogP contribution is 2.09. The summed E-state index contributed by atoms with van der Waals surface area (Å²) in [7, 11) is 3.28. The molecule has 0 saturated carbocycles. The Hall–Kier alpha value is -0.120. The zero-order chi connectivity index (χ0) is 7.98. The lowest BCUT2D eigenvalue weighted by Crippen LogP contribution is -2.24. The summed E-state index contributed by atoms with van der Waals surface area (Å²) in [5, 5.41) is 0. The van der Waals surface area contributed by atoms with Gasteiger partial charge in [-0.1, -0.05) is 6.92 Å². The Labute approximate surface area is 62.5 Å². The fourth-order valence-electron chi connectivity index (χ4n) is 0.960. The molecule has 3 heteroatoms. The van der Waals surface area contributed by atoms with Crippen LogP contribution in [-0.2, 0) is 9.47 Å². The molecule has 10 heavy (non-hydrogen) atoms. The second-order valence-corrected chi connectivity index (χ2v) is 2.39. The molecule has 2 N–H and O–H groups in total. The first-order valence-electron chi connectivity index (χ1n) is 3.52. The summed E-state index contributed by atoms with van der Waals surface area (Å²) in [6.45, 7) is 2.74. The molecule has 0 spiro atoms. The van der Waals surface area contributed by atoms with Gasteiger partial charge in [-0.05, 0) is 13.0 Å². The molecule has 0 aromatic carbocycles. The molecule has 1 atom stereocenters. The van der Waals surface area contributed by atoms with Crippen LogP contribution in [0.2, 0.25) is 0 Å². The van der Waals surface area contributed by atoms with Crippen LogP contribution in [0.25, 0.3) is 0 Å². The van der Waals surface area contributed by atoms with Crippen LogP contribution in [-0.4, -0.2) is 27.1 Å². The van der Waals surface area contributed by atoms with E-state index in [0.717, 1.165) is 6.42 Å². The molecule has 0 amide bonds. The Morgan fingerprint density at radius 2 is 1.80 bits per heavy atom. The van der Waals surface area contributed by atoms with Crippen LogP contribution in [0.5, 0.6) is 0 Å². The van der Waals surface area contributed by atoms with Crippen molar-refractivity contribution in [3.05, 3.63) is 0 Å². The molecule has 0 radical (unpaired) electrons. The topological polar surface area (TPSA) is 44.5 Å². The number of hydrogen-bond acceptors (Lipinski definition) is 3. The summed E-state index contributed by atoms with van der Waals surface area (Å²) in [6.07, 6.45) is 0.829. The van der Waals surface area contributed by atoms with Crippen LogP contribution in [0, 0.1) is 5.92 Å². The van der Waals surface area contributed by atoms with Gasteiger partial charge in [0.05, 0.1) is 0 Å². The molecule has 0 heterocycles. The molecule has 0 fully saturated rings. The minimum absolute atomic E-state index is 0.108. The van der Waals surface area contributed by atoms with Crippen LogP contribution in [0.4, 0.5) is 0 Å². The lowest BCUT2D eigenvalue weighted by molar-refractivity contribution is -0.133. The maximum absolute atomic E-state index is 5.37. The van der Waals surface area contributed by atoms with Gasteiger partial charge in [0.25, 0.3) is 0 Å². The fourth-order valence-corrected chi connectivity index (χ4v) is 0.960. The molecule has 0 aromatic heterocycles. The van der Waals surface area contributed by atoms with Gasteiger partial charge in [0.15, 0.2) is 6.29 Å². The minimum atomic E-state index is -0.108. The van der Waals surface area contributed by atoms with Gasteiger partial charge in [-0.3, -0.25) is 0 Å². The van der Waals surface area contributed by atoms with Crippen LogP contribution in [0.15, 0.2) is 0 Å². The molecule has 0 aliphatic rings. The van der Waals surface area contributed by atoms with Crippen LogP contribution >= 0.6 is 0 Å². The average molecular weight is 147 g/mol. The Morgan fingerprint density at radius 3 is 2.10 bits per heavy atom. The number of rotatable bonds is 5. The monoisotopic (exact) mass is 147 g/mol. The average Bonchev–Trinajstić information content (AvgIpc) is 1.91. The number of ether oxygens (including phenoxy) is 2. The van der Waals surface area contributed by atoms with Gasteiger partial charge in [0.1, 0.15) is 0 Å². The molecule has 0 aliphatic heterocycles. The van der Waals surface area contributed by atoms with E-state index in [1.165, 1.54) is 0 Å². The minimum Gasteiger partial charge on any atom is -0.356 e. The predicted molar refractivity (Wildman–Crippen MR) is 40.6 cm³/mol. The Kier molecular flexibility index (Phi) is 5.58. The van der Waals surface area contributed by atoms with Gasteiger partial charge < -0.3 is 15.2 Å². The molecule has 0 saturated heterocycles. The lowest BCUT2D eigenvalue weighted by Gasteiger charge is -2.19. The molecule has 0 aliphatic carbocycles.